The van der Waals surface area contributed by atoms with E-state index in [4.69, 9.17) is 0 Å². The molecule has 1 saturated carbocycles. The van der Waals surface area contributed by atoms with Crippen molar-refractivity contribution in [3.8, 4) is 0 Å². The van der Waals surface area contributed by atoms with E-state index in [1.54, 1.807) is 11.3 Å². The molecule has 0 unspecified atom stereocenters. The summed E-state index contributed by atoms with van der Waals surface area (Å²) in [5.74, 6) is 0.995. The number of hydrogen-bond donors (Lipinski definition) is 1. The van der Waals surface area contributed by atoms with Gasteiger partial charge in [-0.2, -0.15) is 0 Å². The van der Waals surface area contributed by atoms with Gasteiger partial charge >= 0.3 is 0 Å². The Morgan fingerprint density at radius 1 is 1.33 bits per heavy atom. The highest BCUT2D eigenvalue weighted by atomic mass is 32.1. The molecular formula is C14H23N3S. The minimum Gasteiger partial charge on any atom is -0.348 e. The van der Waals surface area contributed by atoms with E-state index >= 15 is 0 Å². The van der Waals surface area contributed by atoms with Gasteiger partial charge in [0, 0.05) is 24.5 Å². The minimum absolute atomic E-state index is 0.743. The van der Waals surface area contributed by atoms with Gasteiger partial charge in [0.2, 0.25) is 0 Å². The van der Waals surface area contributed by atoms with Gasteiger partial charge in [-0.05, 0) is 44.6 Å². The van der Waals surface area contributed by atoms with E-state index in [0.29, 0.717) is 0 Å². The van der Waals surface area contributed by atoms with E-state index in [-0.39, 0.29) is 0 Å². The zero-order valence-electron chi connectivity index (χ0n) is 11.2. The predicted octanol–water partition coefficient (Wildman–Crippen LogP) is 2.67. The Morgan fingerprint density at radius 3 is 2.72 bits per heavy atom. The average molecular weight is 265 g/mol. The molecule has 1 aliphatic heterocycles. The van der Waals surface area contributed by atoms with Crippen molar-refractivity contribution >= 4 is 16.5 Å². The number of nitrogens with one attached hydrogen (secondary N) is 1. The number of nitrogens with zero attached hydrogens (tertiary/aromatic N) is 2. The van der Waals surface area contributed by atoms with E-state index in [9.17, 15) is 0 Å². The third kappa shape index (κ3) is 3.04. The first-order valence-electron chi connectivity index (χ1n) is 7.28. The Bertz CT molecular complexity index is 378. The molecule has 2 heterocycles. The molecule has 2 aliphatic rings. The molecule has 3 rings (SSSR count). The normalized spacial score (nSPS) is 21.5. The number of thiazole rings is 1. The van der Waals surface area contributed by atoms with Gasteiger partial charge in [-0.15, -0.1) is 11.3 Å². The highest BCUT2D eigenvalue weighted by Gasteiger charge is 2.25. The van der Waals surface area contributed by atoms with Crippen LogP contribution in [0.4, 0.5) is 5.13 Å². The molecule has 0 spiro atoms. The zero-order chi connectivity index (χ0) is 12.4. The summed E-state index contributed by atoms with van der Waals surface area (Å²) in [4.78, 5) is 7.14. The van der Waals surface area contributed by atoms with Crippen molar-refractivity contribution in [3.63, 3.8) is 0 Å². The third-order valence-electron chi connectivity index (χ3n) is 4.06. The van der Waals surface area contributed by atoms with Crippen LogP contribution in [0.25, 0.3) is 0 Å². The minimum atomic E-state index is 0.743. The molecule has 0 bridgehead atoms. The lowest BCUT2D eigenvalue weighted by molar-refractivity contribution is 0.408. The van der Waals surface area contributed by atoms with Gasteiger partial charge in [-0.1, -0.05) is 6.92 Å². The summed E-state index contributed by atoms with van der Waals surface area (Å²) in [5.41, 5.74) is 1.24. The topological polar surface area (TPSA) is 28.2 Å². The summed E-state index contributed by atoms with van der Waals surface area (Å²) >= 11 is 1.80. The number of anilines is 1. The Labute approximate surface area is 114 Å². The molecule has 2 fully saturated rings. The van der Waals surface area contributed by atoms with Crippen LogP contribution >= 0.6 is 11.3 Å². The molecular weight excluding hydrogens is 242 g/mol. The molecule has 0 amide bonds. The van der Waals surface area contributed by atoms with Crippen molar-refractivity contribution in [2.45, 2.75) is 45.1 Å². The molecule has 1 aromatic rings. The summed E-state index contributed by atoms with van der Waals surface area (Å²) in [6.07, 6.45) is 6.49. The van der Waals surface area contributed by atoms with Crippen LogP contribution in [-0.2, 0) is 6.42 Å². The zero-order valence-corrected chi connectivity index (χ0v) is 12.0. The first kappa shape index (κ1) is 12.4. The molecule has 100 valence electrons. The monoisotopic (exact) mass is 265 g/mol. The Morgan fingerprint density at radius 2 is 2.11 bits per heavy atom. The maximum absolute atomic E-state index is 4.69. The van der Waals surface area contributed by atoms with Gasteiger partial charge in [0.05, 0.1) is 5.69 Å². The fourth-order valence-electron chi connectivity index (χ4n) is 2.53. The fourth-order valence-corrected chi connectivity index (χ4v) is 3.50. The van der Waals surface area contributed by atoms with Gasteiger partial charge in [0.25, 0.3) is 0 Å². The molecule has 0 radical (unpaired) electrons. The van der Waals surface area contributed by atoms with Crippen LogP contribution in [0.3, 0.4) is 0 Å². The molecule has 0 aromatic carbocycles. The van der Waals surface area contributed by atoms with Crippen molar-refractivity contribution in [2.75, 3.05) is 24.5 Å². The van der Waals surface area contributed by atoms with E-state index in [0.717, 1.165) is 18.4 Å². The van der Waals surface area contributed by atoms with Crippen LogP contribution in [0, 0.1) is 5.92 Å². The quantitative estimate of drug-likeness (QED) is 0.887. The van der Waals surface area contributed by atoms with Crippen molar-refractivity contribution < 1.29 is 0 Å². The molecule has 3 nitrogen and oxygen atoms in total. The molecule has 1 N–H and O–H groups in total. The maximum Gasteiger partial charge on any atom is 0.185 e. The van der Waals surface area contributed by atoms with Gasteiger partial charge in [0.15, 0.2) is 5.13 Å². The lowest BCUT2D eigenvalue weighted by atomic mass is 10.1. The van der Waals surface area contributed by atoms with E-state index < -0.39 is 0 Å². The van der Waals surface area contributed by atoms with Gasteiger partial charge in [-0.3, -0.25) is 0 Å². The number of piperidine rings is 1. The van der Waals surface area contributed by atoms with E-state index in [1.165, 1.54) is 56.1 Å². The summed E-state index contributed by atoms with van der Waals surface area (Å²) in [5, 5.41) is 7.16. The molecule has 1 aliphatic carbocycles. The van der Waals surface area contributed by atoms with E-state index in [2.05, 4.69) is 27.5 Å². The number of rotatable bonds is 5. The molecule has 1 aromatic heterocycles. The molecule has 0 atom stereocenters. The fraction of sp³-hybridized carbons (Fsp3) is 0.786. The molecule has 18 heavy (non-hydrogen) atoms. The largest absolute Gasteiger partial charge is 0.348 e. The average Bonchev–Trinajstić information content (AvgIpc) is 3.12. The molecule has 1 saturated heterocycles. The maximum atomic E-state index is 4.69. The van der Waals surface area contributed by atoms with Crippen molar-refractivity contribution in [2.24, 2.45) is 5.92 Å². The van der Waals surface area contributed by atoms with Crippen molar-refractivity contribution in [1.82, 2.24) is 10.3 Å². The summed E-state index contributed by atoms with van der Waals surface area (Å²) < 4.78 is 0. The summed E-state index contributed by atoms with van der Waals surface area (Å²) in [7, 11) is 0. The summed E-state index contributed by atoms with van der Waals surface area (Å²) in [6.45, 7) is 5.76. The second-order valence-electron chi connectivity index (χ2n) is 5.59. The smallest absolute Gasteiger partial charge is 0.185 e. The van der Waals surface area contributed by atoms with Crippen LogP contribution in [0.15, 0.2) is 5.38 Å². The Balaban J connectivity index is 1.46. The first-order valence-corrected chi connectivity index (χ1v) is 8.16. The van der Waals surface area contributed by atoms with Crippen LogP contribution in [0.5, 0.6) is 0 Å². The van der Waals surface area contributed by atoms with Crippen molar-refractivity contribution in [3.05, 3.63) is 11.1 Å². The third-order valence-corrected chi connectivity index (χ3v) is 5.01. The SMILES string of the molecule is CCc1csc(N2CCC(NCC3CC3)CC2)n1. The molecule has 4 heteroatoms. The highest BCUT2D eigenvalue weighted by Crippen LogP contribution is 2.28. The van der Waals surface area contributed by atoms with Gasteiger partial charge < -0.3 is 10.2 Å². The lowest BCUT2D eigenvalue weighted by Crippen LogP contribution is -2.43. The van der Waals surface area contributed by atoms with Crippen molar-refractivity contribution in [1.29, 1.82) is 0 Å². The Kier molecular flexibility index (Phi) is 3.85. The van der Waals surface area contributed by atoms with Crippen LogP contribution < -0.4 is 10.2 Å². The number of aromatic nitrogens is 1. The van der Waals surface area contributed by atoms with Crippen LogP contribution in [0.1, 0.15) is 38.3 Å². The second-order valence-corrected chi connectivity index (χ2v) is 6.42. The number of hydrogen-bond acceptors (Lipinski definition) is 4. The van der Waals surface area contributed by atoms with E-state index in [1.807, 2.05) is 0 Å². The lowest BCUT2D eigenvalue weighted by Gasteiger charge is -2.32. The van der Waals surface area contributed by atoms with Crippen LogP contribution in [0.2, 0.25) is 0 Å². The standard InChI is InChI=1S/C14H23N3S/c1-2-12-10-18-14(16-12)17-7-5-13(6-8-17)15-9-11-3-4-11/h10-11,13,15H,2-9H2,1H3. The van der Waals surface area contributed by atoms with Gasteiger partial charge in [-0.25, -0.2) is 4.98 Å². The first-order chi connectivity index (χ1) is 8.85. The highest BCUT2D eigenvalue weighted by molar-refractivity contribution is 7.13. The summed E-state index contributed by atoms with van der Waals surface area (Å²) in [6, 6.07) is 0.743. The second kappa shape index (κ2) is 5.57. The predicted molar refractivity (Wildman–Crippen MR) is 77.5 cm³/mol. The van der Waals surface area contributed by atoms with Crippen LogP contribution in [-0.4, -0.2) is 30.7 Å². The van der Waals surface area contributed by atoms with Gasteiger partial charge in [0.1, 0.15) is 0 Å². The number of aryl methyl sites for hydroxylation is 1. The Hall–Kier alpha value is -0.610.